The molecule has 0 aromatic heterocycles. The Hall–Kier alpha value is -1.11. The highest BCUT2D eigenvalue weighted by Gasteiger charge is 2.32. The van der Waals surface area contributed by atoms with Crippen LogP contribution in [0.1, 0.15) is 24.9 Å². The van der Waals surface area contributed by atoms with Crippen LogP contribution in [0.3, 0.4) is 0 Å². The molecular formula is C15H20BrN3O2. The number of benzene rings is 1. The van der Waals surface area contributed by atoms with Crippen LogP contribution in [0.25, 0.3) is 0 Å². The summed E-state index contributed by atoms with van der Waals surface area (Å²) in [7, 11) is 1.80. The van der Waals surface area contributed by atoms with Gasteiger partial charge in [0.15, 0.2) is 0 Å². The molecule has 0 bridgehead atoms. The van der Waals surface area contributed by atoms with Crippen molar-refractivity contribution in [2.24, 2.45) is 0 Å². The van der Waals surface area contributed by atoms with E-state index in [1.54, 1.807) is 7.05 Å². The zero-order valence-electron chi connectivity index (χ0n) is 12.3. The summed E-state index contributed by atoms with van der Waals surface area (Å²) in [6, 6.07) is 4.23. The number of morpholine rings is 1. The van der Waals surface area contributed by atoms with Crippen LogP contribution < -0.4 is 15.5 Å². The van der Waals surface area contributed by atoms with Crippen molar-refractivity contribution in [3.05, 3.63) is 22.2 Å². The Labute approximate surface area is 133 Å². The molecule has 2 atom stereocenters. The predicted octanol–water partition coefficient (Wildman–Crippen LogP) is 2.28. The summed E-state index contributed by atoms with van der Waals surface area (Å²) in [5.41, 5.74) is 3.03. The van der Waals surface area contributed by atoms with E-state index in [0.717, 1.165) is 47.6 Å². The number of amides is 1. The summed E-state index contributed by atoms with van der Waals surface area (Å²) >= 11 is 3.67. The molecule has 2 aliphatic heterocycles. The van der Waals surface area contributed by atoms with Gasteiger partial charge >= 0.3 is 0 Å². The van der Waals surface area contributed by atoms with Gasteiger partial charge < -0.3 is 20.3 Å². The Kier molecular flexibility index (Phi) is 4.19. The predicted molar refractivity (Wildman–Crippen MR) is 86.8 cm³/mol. The second-order valence-corrected chi connectivity index (χ2v) is 6.29. The third-order valence-electron chi connectivity index (χ3n) is 4.25. The Bertz CT molecular complexity index is 564. The topological polar surface area (TPSA) is 53.6 Å². The largest absolute Gasteiger partial charge is 0.377 e. The average Bonchev–Trinajstić information content (AvgIpc) is 2.80. The quantitative estimate of drug-likeness (QED) is 0.875. The molecule has 2 N–H and O–H groups in total. The zero-order chi connectivity index (χ0) is 15.0. The molecule has 2 heterocycles. The number of fused-ring (bicyclic) bond motifs is 1. The third-order valence-corrected chi connectivity index (χ3v) is 4.88. The first-order valence-corrected chi connectivity index (χ1v) is 8.11. The highest BCUT2D eigenvalue weighted by molar-refractivity contribution is 9.10. The number of nitrogens with zero attached hydrogens (tertiary/aromatic N) is 1. The molecule has 1 saturated heterocycles. The highest BCUT2D eigenvalue weighted by atomic mass is 79.9. The van der Waals surface area contributed by atoms with Gasteiger partial charge in [-0.25, -0.2) is 0 Å². The maximum Gasteiger partial charge on any atom is 0.246 e. The van der Waals surface area contributed by atoms with Crippen LogP contribution in [0.5, 0.6) is 0 Å². The second-order valence-electron chi connectivity index (χ2n) is 5.43. The van der Waals surface area contributed by atoms with Gasteiger partial charge in [-0.05, 0) is 41.5 Å². The fourth-order valence-corrected chi connectivity index (χ4v) is 3.68. The number of anilines is 2. The monoisotopic (exact) mass is 353 g/mol. The van der Waals surface area contributed by atoms with Crippen LogP contribution in [0.2, 0.25) is 0 Å². The Morgan fingerprint density at radius 3 is 3.05 bits per heavy atom. The lowest BCUT2D eigenvalue weighted by Gasteiger charge is -2.37. The normalized spacial score (nSPS) is 24.9. The van der Waals surface area contributed by atoms with E-state index in [0.29, 0.717) is 6.04 Å². The first-order chi connectivity index (χ1) is 10.2. The van der Waals surface area contributed by atoms with E-state index in [1.807, 2.05) is 6.07 Å². The van der Waals surface area contributed by atoms with Crippen LogP contribution >= 0.6 is 15.9 Å². The van der Waals surface area contributed by atoms with E-state index in [2.05, 4.69) is 44.5 Å². The molecule has 5 nitrogen and oxygen atoms in total. The lowest BCUT2D eigenvalue weighted by atomic mass is 10.1. The standard InChI is InChI=1S/C15H20BrN3O2/c1-3-9-8-21-5-4-19(9)13-7-12-10(6-11(13)16)14(17-2)15(20)18-12/h6-7,9,14,17H,3-5,8H2,1-2H3,(H,18,20). The molecule has 0 saturated carbocycles. The summed E-state index contributed by atoms with van der Waals surface area (Å²) in [5.74, 6) is 0.00516. The summed E-state index contributed by atoms with van der Waals surface area (Å²) in [6.07, 6.45) is 1.04. The minimum Gasteiger partial charge on any atom is -0.377 e. The number of carbonyl (C=O) groups is 1. The molecule has 114 valence electrons. The fraction of sp³-hybridized carbons (Fsp3) is 0.533. The molecule has 1 aromatic carbocycles. The van der Waals surface area contributed by atoms with Crippen molar-refractivity contribution in [3.63, 3.8) is 0 Å². The molecule has 21 heavy (non-hydrogen) atoms. The summed E-state index contributed by atoms with van der Waals surface area (Å²) in [4.78, 5) is 14.3. The number of rotatable bonds is 3. The van der Waals surface area contributed by atoms with Gasteiger partial charge in [0.2, 0.25) is 5.91 Å². The van der Waals surface area contributed by atoms with Crippen molar-refractivity contribution in [1.29, 1.82) is 0 Å². The van der Waals surface area contributed by atoms with Crippen LogP contribution in [-0.4, -0.2) is 38.8 Å². The van der Waals surface area contributed by atoms with Crippen LogP contribution in [0, 0.1) is 0 Å². The average molecular weight is 354 g/mol. The van der Waals surface area contributed by atoms with E-state index in [1.165, 1.54) is 0 Å². The second kappa shape index (κ2) is 5.94. The molecule has 6 heteroatoms. The van der Waals surface area contributed by atoms with Gasteiger partial charge in [-0.2, -0.15) is 0 Å². The third kappa shape index (κ3) is 2.56. The molecule has 2 aliphatic rings. The zero-order valence-corrected chi connectivity index (χ0v) is 13.9. The minimum absolute atomic E-state index is 0.00516. The number of halogens is 1. The molecule has 0 aliphatic carbocycles. The summed E-state index contributed by atoms with van der Waals surface area (Å²) in [5, 5.41) is 6.01. The van der Waals surface area contributed by atoms with E-state index in [9.17, 15) is 4.79 Å². The van der Waals surface area contributed by atoms with Crippen molar-refractivity contribution in [2.75, 3.05) is 37.0 Å². The van der Waals surface area contributed by atoms with Gasteiger partial charge in [-0.1, -0.05) is 6.92 Å². The minimum atomic E-state index is -0.267. The lowest BCUT2D eigenvalue weighted by Crippen LogP contribution is -2.45. The van der Waals surface area contributed by atoms with Crippen molar-refractivity contribution >= 4 is 33.2 Å². The maximum atomic E-state index is 12.0. The smallest absolute Gasteiger partial charge is 0.246 e. The van der Waals surface area contributed by atoms with Crippen molar-refractivity contribution in [3.8, 4) is 0 Å². The SMILES string of the molecule is CCC1COCCN1c1cc2c(cc1Br)C(NC)C(=O)N2. The Morgan fingerprint density at radius 1 is 1.52 bits per heavy atom. The first-order valence-electron chi connectivity index (χ1n) is 7.31. The molecule has 1 aromatic rings. The molecule has 2 unspecified atom stereocenters. The number of likely N-dealkylation sites (N-methyl/N-ethyl adjacent to an activating group) is 1. The molecule has 1 amide bonds. The van der Waals surface area contributed by atoms with Crippen molar-refractivity contribution in [1.82, 2.24) is 5.32 Å². The van der Waals surface area contributed by atoms with E-state index >= 15 is 0 Å². The molecular weight excluding hydrogens is 334 g/mol. The van der Waals surface area contributed by atoms with Gasteiger partial charge in [-0.15, -0.1) is 0 Å². The molecule has 1 fully saturated rings. The van der Waals surface area contributed by atoms with Crippen LogP contribution in [0.4, 0.5) is 11.4 Å². The van der Waals surface area contributed by atoms with E-state index < -0.39 is 0 Å². The number of carbonyl (C=O) groups excluding carboxylic acids is 1. The van der Waals surface area contributed by atoms with Crippen molar-refractivity contribution in [2.45, 2.75) is 25.4 Å². The Balaban J connectivity index is 1.98. The van der Waals surface area contributed by atoms with Gasteiger partial charge in [0, 0.05) is 22.3 Å². The highest BCUT2D eigenvalue weighted by Crippen LogP contribution is 2.40. The van der Waals surface area contributed by atoms with Crippen molar-refractivity contribution < 1.29 is 9.53 Å². The number of hydrogen-bond acceptors (Lipinski definition) is 4. The maximum absolute atomic E-state index is 12.0. The van der Waals surface area contributed by atoms with E-state index in [-0.39, 0.29) is 11.9 Å². The first kappa shape index (κ1) is 14.8. The van der Waals surface area contributed by atoms with Gasteiger partial charge in [0.1, 0.15) is 6.04 Å². The lowest BCUT2D eigenvalue weighted by molar-refractivity contribution is -0.117. The van der Waals surface area contributed by atoms with Gasteiger partial charge in [0.25, 0.3) is 0 Å². The number of nitrogens with one attached hydrogen (secondary N) is 2. The summed E-state index contributed by atoms with van der Waals surface area (Å²) in [6.45, 7) is 4.54. The van der Waals surface area contributed by atoms with Gasteiger partial charge in [-0.3, -0.25) is 4.79 Å². The van der Waals surface area contributed by atoms with Crippen LogP contribution in [0.15, 0.2) is 16.6 Å². The van der Waals surface area contributed by atoms with Crippen LogP contribution in [-0.2, 0) is 9.53 Å². The Morgan fingerprint density at radius 2 is 2.33 bits per heavy atom. The summed E-state index contributed by atoms with van der Waals surface area (Å²) < 4.78 is 6.60. The molecule has 0 radical (unpaired) electrons. The van der Waals surface area contributed by atoms with Gasteiger partial charge in [0.05, 0.1) is 24.9 Å². The van der Waals surface area contributed by atoms with E-state index in [4.69, 9.17) is 4.74 Å². The number of hydrogen-bond donors (Lipinski definition) is 2. The number of ether oxygens (including phenoxy) is 1. The fourth-order valence-electron chi connectivity index (χ4n) is 3.09. The molecule has 0 spiro atoms. The molecule has 3 rings (SSSR count).